The van der Waals surface area contributed by atoms with Gasteiger partial charge in [0, 0.05) is 30.6 Å². The third-order valence-electron chi connectivity index (χ3n) is 5.76. The maximum absolute atomic E-state index is 14.5. The molecule has 0 radical (unpaired) electrons. The number of nitrogens with zero attached hydrogens (tertiary/aromatic N) is 4. The summed E-state index contributed by atoms with van der Waals surface area (Å²) in [6.45, 7) is 2.09. The molecule has 2 aromatic carbocycles. The molecule has 2 aromatic heterocycles. The molecule has 5 rings (SSSR count). The number of aromatic amines is 1. The van der Waals surface area contributed by atoms with Crippen molar-refractivity contribution < 1.29 is 4.39 Å². The van der Waals surface area contributed by atoms with E-state index in [1.54, 1.807) is 11.0 Å². The quantitative estimate of drug-likeness (QED) is 0.513. The second-order valence-electron chi connectivity index (χ2n) is 8.12. The Bertz CT molecular complexity index is 1200. The summed E-state index contributed by atoms with van der Waals surface area (Å²) in [5, 5.41) is 5.95. The minimum atomic E-state index is -0.268. The fourth-order valence-corrected chi connectivity index (χ4v) is 3.90. The number of aromatic nitrogens is 4. The summed E-state index contributed by atoms with van der Waals surface area (Å²) in [5.41, 5.74) is 4.50. The number of halogens is 1. The lowest BCUT2D eigenvalue weighted by molar-refractivity contribution is 0.292. The molecule has 0 spiro atoms. The third-order valence-corrected chi connectivity index (χ3v) is 5.76. The Morgan fingerprint density at radius 1 is 1.10 bits per heavy atom. The van der Waals surface area contributed by atoms with E-state index in [0.29, 0.717) is 23.1 Å². The van der Waals surface area contributed by atoms with Gasteiger partial charge in [-0.05, 0) is 62.6 Å². The smallest absolute Gasteiger partial charge is 0.181 e. The van der Waals surface area contributed by atoms with Crippen LogP contribution in [0, 0.1) is 12.7 Å². The molecule has 1 aliphatic rings. The highest BCUT2D eigenvalue weighted by Crippen LogP contribution is 2.36. The second-order valence-corrected chi connectivity index (χ2v) is 8.12. The Morgan fingerprint density at radius 3 is 2.62 bits per heavy atom. The van der Waals surface area contributed by atoms with Crippen LogP contribution in [-0.4, -0.2) is 33.8 Å². The van der Waals surface area contributed by atoms with Crippen LogP contribution in [0.3, 0.4) is 0 Å². The molecule has 1 N–H and O–H groups in total. The van der Waals surface area contributed by atoms with E-state index in [-0.39, 0.29) is 5.82 Å². The first-order chi connectivity index (χ1) is 14.0. The standard InChI is InChI=1S/C23H24FN5/c1-14-7-9-19-16(11-14)13-20(25-19)23-26-22(27-29(23)17-5-4-6-17)15-8-10-21(28(2)3)18(24)12-15/h7-13,17,25H,4-6H2,1-3H3. The molecule has 1 aliphatic carbocycles. The van der Waals surface area contributed by atoms with E-state index < -0.39 is 0 Å². The summed E-state index contributed by atoms with van der Waals surface area (Å²) >= 11 is 0. The van der Waals surface area contributed by atoms with Gasteiger partial charge in [0.15, 0.2) is 11.6 Å². The van der Waals surface area contributed by atoms with E-state index >= 15 is 0 Å². The molecular weight excluding hydrogens is 365 g/mol. The Kier molecular flexibility index (Phi) is 4.15. The van der Waals surface area contributed by atoms with E-state index in [4.69, 9.17) is 10.1 Å². The Hall–Kier alpha value is -3.15. The van der Waals surface area contributed by atoms with Crippen molar-refractivity contribution in [2.45, 2.75) is 32.2 Å². The maximum atomic E-state index is 14.5. The van der Waals surface area contributed by atoms with Gasteiger partial charge in [-0.25, -0.2) is 14.1 Å². The van der Waals surface area contributed by atoms with Crippen molar-refractivity contribution >= 4 is 16.6 Å². The summed E-state index contributed by atoms with van der Waals surface area (Å²) in [6.07, 6.45) is 3.41. The fourth-order valence-electron chi connectivity index (χ4n) is 3.90. The molecule has 0 aliphatic heterocycles. The van der Waals surface area contributed by atoms with Crippen molar-refractivity contribution in [3.8, 4) is 22.9 Å². The van der Waals surface area contributed by atoms with Gasteiger partial charge in [-0.1, -0.05) is 11.6 Å². The molecule has 29 heavy (non-hydrogen) atoms. The minimum Gasteiger partial charge on any atom is -0.375 e. The molecular formula is C23H24FN5. The molecule has 148 valence electrons. The fraction of sp³-hybridized carbons (Fsp3) is 0.304. The first-order valence-corrected chi connectivity index (χ1v) is 10.0. The van der Waals surface area contributed by atoms with Gasteiger partial charge < -0.3 is 9.88 Å². The van der Waals surface area contributed by atoms with Crippen molar-refractivity contribution in [3.63, 3.8) is 0 Å². The monoisotopic (exact) mass is 389 g/mol. The lowest BCUT2D eigenvalue weighted by Gasteiger charge is -2.26. The summed E-state index contributed by atoms with van der Waals surface area (Å²) < 4.78 is 16.5. The number of aryl methyl sites for hydroxylation is 1. The molecule has 0 bridgehead atoms. The number of nitrogens with one attached hydrogen (secondary N) is 1. The summed E-state index contributed by atoms with van der Waals surface area (Å²) in [7, 11) is 3.66. The first-order valence-electron chi connectivity index (χ1n) is 10.0. The Balaban J connectivity index is 1.61. The highest BCUT2D eigenvalue weighted by atomic mass is 19.1. The minimum absolute atomic E-state index is 0.268. The van der Waals surface area contributed by atoms with Gasteiger partial charge in [-0.15, -0.1) is 0 Å². The van der Waals surface area contributed by atoms with Gasteiger partial charge >= 0.3 is 0 Å². The predicted octanol–water partition coefficient (Wildman–Crippen LogP) is 5.33. The van der Waals surface area contributed by atoms with E-state index in [9.17, 15) is 4.39 Å². The van der Waals surface area contributed by atoms with E-state index in [0.717, 1.165) is 35.3 Å². The third kappa shape index (κ3) is 3.09. The van der Waals surface area contributed by atoms with Crippen molar-refractivity contribution in [1.82, 2.24) is 19.7 Å². The van der Waals surface area contributed by atoms with Crippen LogP contribution in [-0.2, 0) is 0 Å². The maximum Gasteiger partial charge on any atom is 0.181 e. The van der Waals surface area contributed by atoms with Gasteiger partial charge in [-0.2, -0.15) is 5.10 Å². The summed E-state index contributed by atoms with van der Waals surface area (Å²) in [6, 6.07) is 14.0. The highest BCUT2D eigenvalue weighted by Gasteiger charge is 2.26. The molecule has 0 saturated heterocycles. The normalized spacial score (nSPS) is 14.3. The zero-order valence-electron chi connectivity index (χ0n) is 16.9. The zero-order chi connectivity index (χ0) is 20.1. The number of benzene rings is 2. The number of fused-ring (bicyclic) bond motifs is 1. The van der Waals surface area contributed by atoms with Crippen LogP contribution in [0.1, 0.15) is 30.9 Å². The molecule has 0 amide bonds. The molecule has 6 heteroatoms. The van der Waals surface area contributed by atoms with Gasteiger partial charge in [-0.3, -0.25) is 0 Å². The summed E-state index contributed by atoms with van der Waals surface area (Å²) in [4.78, 5) is 10.1. The number of hydrogen-bond acceptors (Lipinski definition) is 3. The summed E-state index contributed by atoms with van der Waals surface area (Å²) in [5.74, 6) is 1.11. The number of rotatable bonds is 4. The van der Waals surface area contributed by atoms with Crippen LogP contribution >= 0.6 is 0 Å². The second kappa shape index (κ2) is 6.72. The van der Waals surface area contributed by atoms with Crippen molar-refractivity contribution in [2.75, 3.05) is 19.0 Å². The predicted molar refractivity (Wildman–Crippen MR) is 115 cm³/mol. The van der Waals surface area contributed by atoms with Crippen molar-refractivity contribution in [1.29, 1.82) is 0 Å². The number of hydrogen-bond donors (Lipinski definition) is 1. The van der Waals surface area contributed by atoms with Crippen LogP contribution in [0.15, 0.2) is 42.5 Å². The lowest BCUT2D eigenvalue weighted by atomic mass is 9.93. The van der Waals surface area contributed by atoms with Gasteiger partial charge in [0.25, 0.3) is 0 Å². The average Bonchev–Trinajstić information content (AvgIpc) is 3.23. The van der Waals surface area contributed by atoms with Crippen LogP contribution in [0.4, 0.5) is 10.1 Å². The van der Waals surface area contributed by atoms with Crippen molar-refractivity contribution in [2.24, 2.45) is 0 Å². The number of H-pyrrole nitrogens is 1. The largest absolute Gasteiger partial charge is 0.375 e. The Labute approximate surface area is 169 Å². The van der Waals surface area contributed by atoms with Crippen LogP contribution in [0.5, 0.6) is 0 Å². The number of anilines is 1. The Morgan fingerprint density at radius 2 is 1.93 bits per heavy atom. The molecule has 5 nitrogen and oxygen atoms in total. The van der Waals surface area contributed by atoms with Crippen LogP contribution in [0.2, 0.25) is 0 Å². The SMILES string of the molecule is Cc1ccc2[nH]c(-c3nc(-c4ccc(N(C)C)c(F)c4)nn3C3CCC3)cc2c1. The average molecular weight is 389 g/mol. The van der Waals surface area contributed by atoms with E-state index in [1.807, 2.05) is 24.8 Å². The topological polar surface area (TPSA) is 49.7 Å². The molecule has 1 fully saturated rings. The lowest BCUT2D eigenvalue weighted by Crippen LogP contribution is -2.19. The van der Waals surface area contributed by atoms with E-state index in [1.165, 1.54) is 18.1 Å². The molecule has 1 saturated carbocycles. The molecule has 4 aromatic rings. The van der Waals surface area contributed by atoms with Gasteiger partial charge in [0.1, 0.15) is 5.82 Å². The van der Waals surface area contributed by atoms with Crippen molar-refractivity contribution in [3.05, 3.63) is 53.8 Å². The zero-order valence-corrected chi connectivity index (χ0v) is 16.9. The molecule has 0 unspecified atom stereocenters. The first kappa shape index (κ1) is 17.9. The van der Waals surface area contributed by atoms with Gasteiger partial charge in [0.05, 0.1) is 17.4 Å². The highest BCUT2D eigenvalue weighted by molar-refractivity contribution is 5.85. The molecule has 2 heterocycles. The van der Waals surface area contributed by atoms with E-state index in [2.05, 4.69) is 36.2 Å². The van der Waals surface area contributed by atoms with Gasteiger partial charge in [0.2, 0.25) is 0 Å². The van der Waals surface area contributed by atoms with Crippen LogP contribution in [0.25, 0.3) is 33.8 Å². The molecule has 0 atom stereocenters. The van der Waals surface area contributed by atoms with Crippen LogP contribution < -0.4 is 4.90 Å².